The van der Waals surface area contributed by atoms with Crippen LogP contribution in [0.25, 0.3) is 32.9 Å². The highest BCUT2D eigenvalue weighted by molar-refractivity contribution is 6.10. The molecule has 158 valence electrons. The van der Waals surface area contributed by atoms with Crippen LogP contribution in [0.15, 0.2) is 60.3 Å². The lowest BCUT2D eigenvalue weighted by Crippen LogP contribution is -2.22. The number of benzene rings is 2. The van der Waals surface area contributed by atoms with Crippen molar-refractivity contribution in [3.63, 3.8) is 0 Å². The van der Waals surface area contributed by atoms with Crippen LogP contribution in [-0.2, 0) is 9.53 Å². The highest BCUT2D eigenvalue weighted by atomic mass is 19.1. The number of nitrogens with zero attached hydrogens (tertiary/aromatic N) is 1. The number of carbonyl (C=O) groups is 1. The highest BCUT2D eigenvalue weighted by Gasteiger charge is 2.19. The maximum Gasteiger partial charge on any atom is 0.275 e. The minimum absolute atomic E-state index is 0.0742. The van der Waals surface area contributed by atoms with E-state index in [2.05, 4.69) is 27.1 Å². The first-order chi connectivity index (χ1) is 14.7. The summed E-state index contributed by atoms with van der Waals surface area (Å²) in [6, 6.07) is 7.74. The van der Waals surface area contributed by atoms with Gasteiger partial charge < -0.3 is 20.8 Å². The van der Waals surface area contributed by atoms with Gasteiger partial charge in [0.2, 0.25) is 5.95 Å². The molecule has 0 saturated carbocycles. The number of halogens is 2. The number of aromatic nitrogens is 3. The Morgan fingerprint density at radius 2 is 1.97 bits per heavy atom. The number of ether oxygens (including phenoxy) is 1. The number of amides is 1. The molecule has 4 aromatic rings. The number of carbonyl (C=O) groups excluding carboxylic acids is 1. The van der Waals surface area contributed by atoms with Crippen LogP contribution in [0.1, 0.15) is 13.8 Å². The summed E-state index contributed by atoms with van der Waals surface area (Å²) in [5.74, 6) is -1.40. The molecule has 5 N–H and O–H groups in total. The number of fused-ring (bicyclic) bond motifs is 2. The number of H-pyrrole nitrogens is 2. The lowest BCUT2D eigenvalue weighted by atomic mass is 9.99. The third-order valence-electron chi connectivity index (χ3n) is 4.76. The SMILES string of the molecule is C=C(C)O/C(C)=C(\N)C(=O)Nc1cc(-c2cc(F)cc3[nH]ccc23)cc2[nH]nc(F)c12. The van der Waals surface area contributed by atoms with Crippen LogP contribution >= 0.6 is 0 Å². The molecule has 0 saturated heterocycles. The molecular formula is C22H19F2N5O2. The average molecular weight is 423 g/mol. The molecule has 0 aliphatic carbocycles. The van der Waals surface area contributed by atoms with E-state index in [1.54, 1.807) is 31.3 Å². The van der Waals surface area contributed by atoms with Crippen LogP contribution in [0, 0.1) is 11.8 Å². The largest absolute Gasteiger partial charge is 0.465 e. The fourth-order valence-electron chi connectivity index (χ4n) is 3.41. The van der Waals surface area contributed by atoms with Crippen LogP contribution in [0.5, 0.6) is 0 Å². The van der Waals surface area contributed by atoms with Gasteiger partial charge in [-0.05, 0) is 55.3 Å². The average Bonchev–Trinajstić information content (AvgIpc) is 3.32. The number of allylic oxidation sites excluding steroid dienone is 2. The van der Waals surface area contributed by atoms with Crippen molar-refractivity contribution >= 4 is 33.4 Å². The summed E-state index contributed by atoms with van der Waals surface area (Å²) >= 11 is 0. The van der Waals surface area contributed by atoms with Crippen LogP contribution in [0.2, 0.25) is 0 Å². The normalized spacial score (nSPS) is 12.1. The van der Waals surface area contributed by atoms with E-state index < -0.39 is 17.7 Å². The maximum absolute atomic E-state index is 14.4. The second kappa shape index (κ2) is 7.60. The van der Waals surface area contributed by atoms with E-state index in [-0.39, 0.29) is 22.5 Å². The van der Waals surface area contributed by atoms with Gasteiger partial charge >= 0.3 is 0 Å². The van der Waals surface area contributed by atoms with Gasteiger partial charge in [0.1, 0.15) is 17.3 Å². The minimum Gasteiger partial charge on any atom is -0.465 e. The number of hydrogen-bond donors (Lipinski definition) is 4. The molecule has 31 heavy (non-hydrogen) atoms. The molecule has 0 aliphatic rings. The first-order valence-corrected chi connectivity index (χ1v) is 9.30. The highest BCUT2D eigenvalue weighted by Crippen LogP contribution is 2.35. The molecule has 0 bridgehead atoms. The second-order valence-electron chi connectivity index (χ2n) is 7.08. The molecule has 2 aromatic carbocycles. The monoisotopic (exact) mass is 423 g/mol. The van der Waals surface area contributed by atoms with E-state index in [9.17, 15) is 13.6 Å². The van der Waals surface area contributed by atoms with Crippen molar-refractivity contribution in [2.75, 3.05) is 5.32 Å². The molecule has 0 aliphatic heterocycles. The Hall–Kier alpha value is -4.14. The zero-order chi connectivity index (χ0) is 22.3. The summed E-state index contributed by atoms with van der Waals surface area (Å²) < 4.78 is 33.8. The fraction of sp³-hybridized carbons (Fsp3) is 0.0909. The summed E-state index contributed by atoms with van der Waals surface area (Å²) in [7, 11) is 0. The Morgan fingerprint density at radius 1 is 1.19 bits per heavy atom. The molecular weight excluding hydrogens is 404 g/mol. The standard InChI is InChI=1S/C22H19F2N5O2/c1-10(2)31-11(3)20(25)22(30)27-17-6-12(7-18-19(17)21(24)29-28-18)15-8-13(23)9-16-14(15)4-5-26-16/h4-9,26H,1,25H2,2-3H3,(H,27,30)(H,28,29)/b20-11-. The smallest absolute Gasteiger partial charge is 0.275 e. The number of rotatable bonds is 5. The van der Waals surface area contributed by atoms with E-state index in [0.29, 0.717) is 27.9 Å². The maximum atomic E-state index is 14.4. The molecule has 0 unspecified atom stereocenters. The van der Waals surface area contributed by atoms with Crippen molar-refractivity contribution in [1.82, 2.24) is 15.2 Å². The van der Waals surface area contributed by atoms with Gasteiger partial charge in [-0.3, -0.25) is 9.89 Å². The first-order valence-electron chi connectivity index (χ1n) is 9.30. The molecule has 0 spiro atoms. The quantitative estimate of drug-likeness (QED) is 0.276. The number of nitrogens with one attached hydrogen (secondary N) is 3. The summed E-state index contributed by atoms with van der Waals surface area (Å²) in [4.78, 5) is 15.6. The molecule has 7 nitrogen and oxygen atoms in total. The van der Waals surface area contributed by atoms with Gasteiger partial charge in [0.25, 0.3) is 5.91 Å². The Kier molecular flexibility index (Phi) is 4.94. The van der Waals surface area contributed by atoms with E-state index >= 15 is 0 Å². The predicted molar refractivity (Wildman–Crippen MR) is 115 cm³/mol. The van der Waals surface area contributed by atoms with E-state index in [1.807, 2.05) is 0 Å². The third-order valence-corrected chi connectivity index (χ3v) is 4.76. The lowest BCUT2D eigenvalue weighted by molar-refractivity contribution is -0.113. The molecule has 0 radical (unpaired) electrons. The van der Waals surface area contributed by atoms with Gasteiger partial charge in [0.05, 0.1) is 22.3 Å². The minimum atomic E-state index is -0.791. The van der Waals surface area contributed by atoms with Gasteiger partial charge in [-0.15, -0.1) is 5.10 Å². The second-order valence-corrected chi connectivity index (χ2v) is 7.08. The zero-order valence-corrected chi connectivity index (χ0v) is 16.8. The molecule has 1 amide bonds. The van der Waals surface area contributed by atoms with Crippen molar-refractivity contribution in [3.05, 3.63) is 72.1 Å². The Balaban J connectivity index is 1.84. The topological polar surface area (TPSA) is 109 Å². The van der Waals surface area contributed by atoms with E-state index in [4.69, 9.17) is 10.5 Å². The van der Waals surface area contributed by atoms with Crippen molar-refractivity contribution in [1.29, 1.82) is 0 Å². The number of hydrogen-bond acceptors (Lipinski definition) is 4. The predicted octanol–water partition coefficient (Wildman–Crippen LogP) is 4.67. The number of aromatic amines is 2. The van der Waals surface area contributed by atoms with Crippen molar-refractivity contribution in [2.45, 2.75) is 13.8 Å². The molecule has 4 rings (SSSR count). The van der Waals surface area contributed by atoms with Gasteiger partial charge in [-0.25, -0.2) is 4.39 Å². The Labute approximate surface area is 175 Å². The summed E-state index contributed by atoms with van der Waals surface area (Å²) in [5, 5.41) is 9.61. The number of nitrogens with two attached hydrogens (primary N) is 1. The summed E-state index contributed by atoms with van der Waals surface area (Å²) in [6.45, 7) is 6.73. The molecule has 2 aromatic heterocycles. The van der Waals surface area contributed by atoms with Crippen molar-refractivity contribution in [2.24, 2.45) is 5.73 Å². The van der Waals surface area contributed by atoms with Gasteiger partial charge in [-0.1, -0.05) is 6.58 Å². The molecule has 9 heteroatoms. The van der Waals surface area contributed by atoms with E-state index in [1.165, 1.54) is 19.1 Å². The molecule has 0 fully saturated rings. The Morgan fingerprint density at radius 3 is 2.71 bits per heavy atom. The van der Waals surface area contributed by atoms with Gasteiger partial charge in [0, 0.05) is 17.1 Å². The van der Waals surface area contributed by atoms with Crippen LogP contribution < -0.4 is 11.1 Å². The molecule has 2 heterocycles. The van der Waals surface area contributed by atoms with Crippen molar-refractivity contribution in [3.8, 4) is 11.1 Å². The first kappa shape index (κ1) is 20.1. The zero-order valence-electron chi connectivity index (χ0n) is 16.8. The van der Waals surface area contributed by atoms with Crippen LogP contribution in [-0.4, -0.2) is 21.1 Å². The van der Waals surface area contributed by atoms with Crippen molar-refractivity contribution < 1.29 is 18.3 Å². The Bertz CT molecular complexity index is 1380. The summed E-state index contributed by atoms with van der Waals surface area (Å²) in [6.07, 6.45) is 1.69. The van der Waals surface area contributed by atoms with Crippen LogP contribution in [0.4, 0.5) is 14.5 Å². The fourth-order valence-corrected chi connectivity index (χ4v) is 3.41. The van der Waals surface area contributed by atoms with Crippen LogP contribution in [0.3, 0.4) is 0 Å². The number of anilines is 1. The van der Waals surface area contributed by atoms with Gasteiger partial charge in [0.15, 0.2) is 0 Å². The lowest BCUT2D eigenvalue weighted by Gasteiger charge is -2.12. The summed E-state index contributed by atoms with van der Waals surface area (Å²) in [5.41, 5.74) is 7.86. The molecule has 0 atom stereocenters. The van der Waals surface area contributed by atoms with Gasteiger partial charge in [-0.2, -0.15) is 4.39 Å². The van der Waals surface area contributed by atoms with E-state index in [0.717, 1.165) is 5.39 Å². The third kappa shape index (κ3) is 3.73.